The molecule has 0 fully saturated rings. The van der Waals surface area contributed by atoms with E-state index in [1.165, 1.54) is 21.4 Å². The minimum Gasteiger partial charge on any atom is -0.506 e. The first-order chi connectivity index (χ1) is 12.6. The van der Waals surface area contributed by atoms with E-state index < -0.39 is 0 Å². The van der Waals surface area contributed by atoms with E-state index in [9.17, 15) is 5.11 Å². The van der Waals surface area contributed by atoms with Gasteiger partial charge in [0, 0.05) is 27.6 Å². The summed E-state index contributed by atoms with van der Waals surface area (Å²) in [4.78, 5) is 4.53. The Labute approximate surface area is 165 Å². The van der Waals surface area contributed by atoms with Crippen molar-refractivity contribution in [1.29, 1.82) is 0 Å². The first-order valence-electron chi connectivity index (χ1n) is 8.40. The number of thioether (sulfide) groups is 1. The van der Waals surface area contributed by atoms with Crippen molar-refractivity contribution in [3.05, 3.63) is 94.1 Å². The number of H-pyrrole nitrogens is 1. The summed E-state index contributed by atoms with van der Waals surface area (Å²) < 4.78 is 0.712. The number of hydrogen-bond donors (Lipinski definition) is 2. The molecule has 2 N–H and O–H groups in total. The molecule has 4 aromatic rings. The molecule has 0 amide bonds. The zero-order valence-corrected chi connectivity index (χ0v) is 16.6. The Morgan fingerprint density at radius 3 is 2.50 bits per heavy atom. The molecule has 0 aliphatic carbocycles. The summed E-state index contributed by atoms with van der Waals surface area (Å²) in [6.07, 6.45) is 2.05. The summed E-state index contributed by atoms with van der Waals surface area (Å²) in [6, 6.07) is 22.6. The van der Waals surface area contributed by atoms with Crippen LogP contribution in [0.1, 0.15) is 21.9 Å². The van der Waals surface area contributed by atoms with Crippen LogP contribution in [0.15, 0.2) is 82.3 Å². The Morgan fingerprint density at radius 2 is 1.69 bits per heavy atom. The lowest BCUT2D eigenvalue weighted by molar-refractivity contribution is 0.465. The summed E-state index contributed by atoms with van der Waals surface area (Å²) in [5, 5.41) is 11.8. The summed E-state index contributed by atoms with van der Waals surface area (Å²) >= 11 is 5.20. The minimum atomic E-state index is -0.0219. The summed E-state index contributed by atoms with van der Waals surface area (Å²) in [5.74, 6) is 0.294. The lowest BCUT2D eigenvalue weighted by Crippen LogP contribution is -1.97. The van der Waals surface area contributed by atoms with Gasteiger partial charge in [0.25, 0.3) is 0 Å². The summed E-state index contributed by atoms with van der Waals surface area (Å²) in [6.45, 7) is 2.09. The molecule has 4 heteroatoms. The first kappa shape index (κ1) is 17.3. The molecule has 0 aliphatic heterocycles. The zero-order valence-electron chi connectivity index (χ0n) is 14.2. The van der Waals surface area contributed by atoms with Crippen molar-refractivity contribution in [1.82, 2.24) is 4.98 Å². The highest BCUT2D eigenvalue weighted by Gasteiger charge is 2.23. The molecule has 130 valence electrons. The number of rotatable bonds is 4. The van der Waals surface area contributed by atoms with Crippen LogP contribution in [0.3, 0.4) is 0 Å². The largest absolute Gasteiger partial charge is 0.506 e. The second-order valence-electron chi connectivity index (χ2n) is 6.28. The lowest BCUT2D eigenvalue weighted by Gasteiger charge is -2.19. The van der Waals surface area contributed by atoms with Crippen molar-refractivity contribution in [2.24, 2.45) is 0 Å². The van der Waals surface area contributed by atoms with E-state index in [2.05, 4.69) is 70.4 Å². The average Bonchev–Trinajstić information content (AvgIpc) is 3.08. The maximum atomic E-state index is 10.7. The number of phenols is 1. The van der Waals surface area contributed by atoms with Crippen LogP contribution in [0, 0.1) is 6.92 Å². The molecule has 1 unspecified atom stereocenters. The predicted molar refractivity (Wildman–Crippen MR) is 113 cm³/mol. The van der Waals surface area contributed by atoms with Crippen LogP contribution in [0.25, 0.3) is 10.9 Å². The van der Waals surface area contributed by atoms with Gasteiger partial charge in [-0.25, -0.2) is 0 Å². The highest BCUT2D eigenvalue weighted by atomic mass is 79.9. The van der Waals surface area contributed by atoms with Gasteiger partial charge in [0.15, 0.2) is 0 Å². The quantitative estimate of drug-likeness (QED) is 0.353. The van der Waals surface area contributed by atoms with Gasteiger partial charge >= 0.3 is 0 Å². The van der Waals surface area contributed by atoms with Crippen LogP contribution in [0.4, 0.5) is 0 Å². The number of halogens is 1. The maximum absolute atomic E-state index is 10.7. The fourth-order valence-electron chi connectivity index (χ4n) is 3.10. The van der Waals surface area contributed by atoms with E-state index in [0.29, 0.717) is 10.2 Å². The monoisotopic (exact) mass is 423 g/mol. The molecule has 4 rings (SSSR count). The number of benzene rings is 3. The van der Waals surface area contributed by atoms with E-state index in [4.69, 9.17) is 0 Å². The number of para-hydroxylation sites is 2. The normalized spacial score (nSPS) is 12.4. The standard InChI is InChI=1S/C22H18BrNOS/c1-14-9-11-15(12-10-14)26-22(17-6-4-7-19(23)21(17)25)18-13-24-20-8-3-2-5-16(18)20/h2-13,22,24-25H,1H3. The van der Waals surface area contributed by atoms with E-state index in [0.717, 1.165) is 11.1 Å². The molecule has 0 radical (unpaired) electrons. The topological polar surface area (TPSA) is 36.0 Å². The van der Waals surface area contributed by atoms with Gasteiger partial charge in [0.1, 0.15) is 5.75 Å². The first-order valence-corrected chi connectivity index (χ1v) is 10.1. The molecule has 2 nitrogen and oxygen atoms in total. The number of aromatic nitrogens is 1. The Bertz CT molecular complexity index is 1060. The minimum absolute atomic E-state index is 0.0219. The summed E-state index contributed by atoms with van der Waals surface area (Å²) in [5.41, 5.74) is 4.41. The van der Waals surface area contributed by atoms with E-state index in [1.807, 2.05) is 30.3 Å². The molecule has 26 heavy (non-hydrogen) atoms. The molecule has 1 atom stereocenters. The van der Waals surface area contributed by atoms with Crippen LogP contribution < -0.4 is 0 Å². The Kier molecular flexibility index (Phi) is 4.79. The molecule has 0 saturated heterocycles. The number of aryl methyl sites for hydroxylation is 1. The van der Waals surface area contributed by atoms with Crippen LogP contribution in [0.5, 0.6) is 5.75 Å². The molecule has 1 heterocycles. The number of aromatic amines is 1. The number of aromatic hydroxyl groups is 1. The molecule has 1 aromatic heterocycles. The third kappa shape index (κ3) is 3.27. The summed E-state index contributed by atoms with van der Waals surface area (Å²) in [7, 11) is 0. The fraction of sp³-hybridized carbons (Fsp3) is 0.0909. The van der Waals surface area contributed by atoms with Gasteiger partial charge in [-0.3, -0.25) is 0 Å². The highest BCUT2D eigenvalue weighted by Crippen LogP contribution is 2.47. The lowest BCUT2D eigenvalue weighted by atomic mass is 10.0. The molecule has 0 spiro atoms. The Morgan fingerprint density at radius 1 is 0.923 bits per heavy atom. The van der Waals surface area contributed by atoms with Crippen molar-refractivity contribution >= 4 is 38.6 Å². The van der Waals surface area contributed by atoms with Crippen LogP contribution in [0.2, 0.25) is 0 Å². The van der Waals surface area contributed by atoms with Crippen molar-refractivity contribution in [3.63, 3.8) is 0 Å². The average molecular weight is 424 g/mol. The van der Waals surface area contributed by atoms with Crippen LogP contribution in [-0.2, 0) is 0 Å². The second-order valence-corrected chi connectivity index (χ2v) is 8.31. The number of hydrogen-bond acceptors (Lipinski definition) is 2. The predicted octanol–water partition coefficient (Wildman–Crippen LogP) is 6.83. The van der Waals surface area contributed by atoms with Crippen molar-refractivity contribution < 1.29 is 5.11 Å². The molecular weight excluding hydrogens is 406 g/mol. The van der Waals surface area contributed by atoms with E-state index >= 15 is 0 Å². The van der Waals surface area contributed by atoms with Crippen LogP contribution >= 0.6 is 27.7 Å². The zero-order chi connectivity index (χ0) is 18.1. The van der Waals surface area contributed by atoms with Crippen LogP contribution in [-0.4, -0.2) is 10.1 Å². The molecular formula is C22H18BrNOS. The van der Waals surface area contributed by atoms with Gasteiger partial charge in [0.2, 0.25) is 0 Å². The molecule has 3 aromatic carbocycles. The van der Waals surface area contributed by atoms with Gasteiger partial charge in [-0.1, -0.05) is 48.0 Å². The Hall–Kier alpha value is -2.17. The third-order valence-corrected chi connectivity index (χ3v) is 6.41. The van der Waals surface area contributed by atoms with Crippen molar-refractivity contribution in [2.75, 3.05) is 0 Å². The highest BCUT2D eigenvalue weighted by molar-refractivity contribution is 9.10. The smallest absolute Gasteiger partial charge is 0.134 e. The number of fused-ring (bicyclic) bond motifs is 1. The molecule has 0 aliphatic rings. The van der Waals surface area contributed by atoms with E-state index in [-0.39, 0.29) is 5.25 Å². The van der Waals surface area contributed by atoms with Gasteiger partial charge < -0.3 is 10.1 Å². The second kappa shape index (κ2) is 7.22. The number of nitrogens with one attached hydrogen (secondary N) is 1. The van der Waals surface area contributed by atoms with Crippen molar-refractivity contribution in [2.45, 2.75) is 17.1 Å². The van der Waals surface area contributed by atoms with E-state index in [1.54, 1.807) is 11.8 Å². The van der Waals surface area contributed by atoms with Gasteiger partial charge in [-0.15, -0.1) is 11.8 Å². The van der Waals surface area contributed by atoms with Gasteiger partial charge in [0.05, 0.1) is 9.72 Å². The van der Waals surface area contributed by atoms with Gasteiger partial charge in [-0.2, -0.15) is 0 Å². The molecule has 0 bridgehead atoms. The fourth-order valence-corrected chi connectivity index (χ4v) is 4.69. The Balaban J connectivity index is 1.86. The number of phenolic OH excluding ortho intramolecular Hbond substituents is 1. The SMILES string of the molecule is Cc1ccc(SC(c2cccc(Br)c2O)c2c[nH]c3ccccc23)cc1. The maximum Gasteiger partial charge on any atom is 0.134 e. The third-order valence-electron chi connectivity index (χ3n) is 4.48. The molecule has 0 saturated carbocycles. The van der Waals surface area contributed by atoms with Crippen molar-refractivity contribution in [3.8, 4) is 5.75 Å². The van der Waals surface area contributed by atoms with Gasteiger partial charge in [-0.05, 0) is 52.7 Å².